The molecule has 0 saturated carbocycles. The van der Waals surface area contributed by atoms with Crippen LogP contribution in [0.3, 0.4) is 0 Å². The molecule has 0 atom stereocenters. The van der Waals surface area contributed by atoms with Crippen LogP contribution in [0.2, 0.25) is 0 Å². The topological polar surface area (TPSA) is 4.93 Å². The van der Waals surface area contributed by atoms with Crippen LogP contribution in [0.15, 0.2) is 91.0 Å². The predicted octanol–water partition coefficient (Wildman–Crippen LogP) is 7.07. The van der Waals surface area contributed by atoms with Crippen LogP contribution in [0, 0.1) is 13.8 Å². The van der Waals surface area contributed by atoms with Gasteiger partial charge in [-0.15, -0.1) is 0 Å². The van der Waals surface area contributed by atoms with Gasteiger partial charge in [0.25, 0.3) is 0 Å². The van der Waals surface area contributed by atoms with Gasteiger partial charge in [-0.05, 0) is 61.4 Å². The number of nitrogens with zero attached hydrogens (tertiary/aromatic N) is 1. The minimum Gasteiger partial charge on any atom is -0.309 e. The summed E-state index contributed by atoms with van der Waals surface area (Å²) in [5.41, 5.74) is 8.79. The summed E-state index contributed by atoms with van der Waals surface area (Å²) in [5, 5.41) is 2.61. The highest BCUT2D eigenvalue weighted by Gasteiger charge is 2.13. The zero-order valence-electron chi connectivity index (χ0n) is 15.6. The van der Waals surface area contributed by atoms with Crippen molar-refractivity contribution in [1.29, 1.82) is 0 Å². The maximum atomic E-state index is 2.37. The van der Waals surface area contributed by atoms with Gasteiger partial charge < -0.3 is 4.57 Å². The molecule has 0 aliphatic carbocycles. The third-order valence-corrected chi connectivity index (χ3v) is 5.32. The van der Waals surface area contributed by atoms with Gasteiger partial charge in [-0.3, -0.25) is 0 Å². The van der Waals surface area contributed by atoms with Crippen molar-refractivity contribution in [2.24, 2.45) is 0 Å². The van der Waals surface area contributed by atoms with E-state index in [1.165, 1.54) is 49.7 Å². The molecule has 0 saturated heterocycles. The zero-order valence-corrected chi connectivity index (χ0v) is 15.6. The molecule has 5 rings (SSSR count). The molecule has 0 aliphatic heterocycles. The van der Waals surface area contributed by atoms with Crippen LogP contribution in [0.4, 0.5) is 0 Å². The molecule has 130 valence electrons. The summed E-state index contributed by atoms with van der Waals surface area (Å²) in [6, 6.07) is 32.9. The summed E-state index contributed by atoms with van der Waals surface area (Å²) in [6.07, 6.45) is 0. The highest BCUT2D eigenvalue weighted by molar-refractivity contribution is 6.10. The van der Waals surface area contributed by atoms with E-state index in [1.54, 1.807) is 0 Å². The van der Waals surface area contributed by atoms with E-state index in [1.807, 2.05) is 0 Å². The number of benzene rings is 4. The Bertz CT molecular complexity index is 1260. The van der Waals surface area contributed by atoms with Gasteiger partial charge in [0.2, 0.25) is 0 Å². The first-order chi connectivity index (χ1) is 13.2. The molecule has 5 aromatic rings. The maximum Gasteiger partial charge on any atom is 0.0541 e. The smallest absolute Gasteiger partial charge is 0.0541 e. The molecule has 27 heavy (non-hydrogen) atoms. The molecule has 1 heterocycles. The van der Waals surface area contributed by atoms with E-state index in [2.05, 4.69) is 109 Å². The second-order valence-electron chi connectivity index (χ2n) is 7.29. The highest BCUT2D eigenvalue weighted by Crippen LogP contribution is 2.35. The molecule has 1 nitrogen and oxygen atoms in total. The van der Waals surface area contributed by atoms with Crippen LogP contribution < -0.4 is 0 Å². The predicted molar refractivity (Wildman–Crippen MR) is 116 cm³/mol. The van der Waals surface area contributed by atoms with Gasteiger partial charge in [0.15, 0.2) is 0 Å². The number of hydrogen-bond donors (Lipinski definition) is 0. The second kappa shape index (κ2) is 6.14. The number of aromatic nitrogens is 1. The van der Waals surface area contributed by atoms with Crippen LogP contribution in [-0.4, -0.2) is 4.57 Å². The quantitative estimate of drug-likeness (QED) is 0.322. The molecular formula is C26H21N. The normalized spacial score (nSPS) is 11.3. The minimum absolute atomic E-state index is 1.21. The lowest BCUT2D eigenvalue weighted by atomic mass is 10.0. The number of hydrogen-bond acceptors (Lipinski definition) is 0. The molecule has 0 N–H and O–H groups in total. The van der Waals surface area contributed by atoms with E-state index in [9.17, 15) is 0 Å². The molecule has 0 fully saturated rings. The SMILES string of the molecule is Cc1ccc(-n2c3ccc(C)cc3c3cc(-c4ccccc4)ccc32)cc1. The number of rotatable bonds is 2. The standard InChI is InChI=1S/C26H21N/c1-18-8-12-22(13-9-18)27-25-14-10-19(2)16-23(25)24-17-21(11-15-26(24)27)20-6-4-3-5-7-20/h3-17H,1-2H3. The molecule has 0 radical (unpaired) electrons. The summed E-state index contributed by atoms with van der Waals surface area (Å²) in [4.78, 5) is 0. The van der Waals surface area contributed by atoms with Crippen LogP contribution in [0.25, 0.3) is 38.6 Å². The Hall–Kier alpha value is -3.32. The highest BCUT2D eigenvalue weighted by atomic mass is 15.0. The molecule has 4 aromatic carbocycles. The Morgan fingerprint density at radius 3 is 1.89 bits per heavy atom. The molecule has 0 bridgehead atoms. The fourth-order valence-electron chi connectivity index (χ4n) is 3.92. The van der Waals surface area contributed by atoms with Crippen molar-refractivity contribution >= 4 is 21.8 Å². The van der Waals surface area contributed by atoms with Gasteiger partial charge in [-0.25, -0.2) is 0 Å². The Balaban J connectivity index is 1.85. The summed E-state index contributed by atoms with van der Waals surface area (Å²) >= 11 is 0. The average molecular weight is 347 g/mol. The largest absolute Gasteiger partial charge is 0.309 e. The molecule has 0 spiro atoms. The summed E-state index contributed by atoms with van der Waals surface area (Å²) in [5.74, 6) is 0. The molecule has 1 heteroatoms. The van der Waals surface area contributed by atoms with Gasteiger partial charge in [0.05, 0.1) is 11.0 Å². The van der Waals surface area contributed by atoms with Gasteiger partial charge in [0.1, 0.15) is 0 Å². The maximum absolute atomic E-state index is 2.37. The Morgan fingerprint density at radius 2 is 1.15 bits per heavy atom. The lowest BCUT2D eigenvalue weighted by molar-refractivity contribution is 1.17. The van der Waals surface area contributed by atoms with Gasteiger partial charge in [0, 0.05) is 16.5 Å². The van der Waals surface area contributed by atoms with Crippen molar-refractivity contribution in [3.63, 3.8) is 0 Å². The van der Waals surface area contributed by atoms with Crippen molar-refractivity contribution in [2.45, 2.75) is 13.8 Å². The lowest BCUT2D eigenvalue weighted by Crippen LogP contribution is -1.93. The van der Waals surface area contributed by atoms with Crippen molar-refractivity contribution in [2.75, 3.05) is 0 Å². The van der Waals surface area contributed by atoms with Crippen LogP contribution in [0.5, 0.6) is 0 Å². The van der Waals surface area contributed by atoms with E-state index in [0.29, 0.717) is 0 Å². The van der Waals surface area contributed by atoms with E-state index < -0.39 is 0 Å². The Labute approximate surface area is 159 Å². The Kier molecular flexibility index (Phi) is 3.61. The van der Waals surface area contributed by atoms with Crippen LogP contribution in [0.1, 0.15) is 11.1 Å². The van der Waals surface area contributed by atoms with Crippen LogP contribution >= 0.6 is 0 Å². The monoisotopic (exact) mass is 347 g/mol. The summed E-state index contributed by atoms with van der Waals surface area (Å²) in [6.45, 7) is 4.29. The van der Waals surface area contributed by atoms with Crippen molar-refractivity contribution < 1.29 is 0 Å². The first-order valence-electron chi connectivity index (χ1n) is 9.38. The van der Waals surface area contributed by atoms with Crippen molar-refractivity contribution in [3.8, 4) is 16.8 Å². The fraction of sp³-hybridized carbons (Fsp3) is 0.0769. The number of fused-ring (bicyclic) bond motifs is 3. The van der Waals surface area contributed by atoms with Crippen molar-refractivity contribution in [3.05, 3.63) is 102 Å². The molecule has 0 aliphatic rings. The summed E-state index contributed by atoms with van der Waals surface area (Å²) < 4.78 is 2.37. The zero-order chi connectivity index (χ0) is 18.4. The van der Waals surface area contributed by atoms with E-state index in [0.717, 1.165) is 0 Å². The van der Waals surface area contributed by atoms with Gasteiger partial charge in [-0.2, -0.15) is 0 Å². The van der Waals surface area contributed by atoms with Gasteiger partial charge >= 0.3 is 0 Å². The number of aryl methyl sites for hydroxylation is 2. The molecule has 0 amide bonds. The first kappa shape index (κ1) is 15.9. The average Bonchev–Trinajstić information content (AvgIpc) is 3.02. The summed E-state index contributed by atoms with van der Waals surface area (Å²) in [7, 11) is 0. The molecule has 0 unspecified atom stereocenters. The van der Waals surface area contributed by atoms with E-state index >= 15 is 0 Å². The third-order valence-electron chi connectivity index (χ3n) is 5.32. The van der Waals surface area contributed by atoms with Crippen LogP contribution in [-0.2, 0) is 0 Å². The Morgan fingerprint density at radius 1 is 0.519 bits per heavy atom. The minimum atomic E-state index is 1.21. The third kappa shape index (κ3) is 2.63. The first-order valence-corrected chi connectivity index (χ1v) is 9.38. The van der Waals surface area contributed by atoms with Gasteiger partial charge in [-0.1, -0.05) is 65.7 Å². The lowest BCUT2D eigenvalue weighted by Gasteiger charge is -2.09. The second-order valence-corrected chi connectivity index (χ2v) is 7.29. The van der Waals surface area contributed by atoms with E-state index in [-0.39, 0.29) is 0 Å². The molecular weight excluding hydrogens is 326 g/mol. The fourth-order valence-corrected chi connectivity index (χ4v) is 3.92. The van der Waals surface area contributed by atoms with Crippen molar-refractivity contribution in [1.82, 2.24) is 4.57 Å². The molecule has 1 aromatic heterocycles. The van der Waals surface area contributed by atoms with E-state index in [4.69, 9.17) is 0 Å².